The summed E-state index contributed by atoms with van der Waals surface area (Å²) in [6.07, 6.45) is 5.49. The average Bonchev–Trinajstić information content (AvgIpc) is 3.03. The van der Waals surface area contributed by atoms with Gasteiger partial charge >= 0.3 is 0 Å². The van der Waals surface area contributed by atoms with Gasteiger partial charge in [-0.15, -0.1) is 0 Å². The Bertz CT molecular complexity index is 679. The number of imidazole rings is 1. The highest BCUT2D eigenvalue weighted by Crippen LogP contribution is 2.33. The topological polar surface area (TPSA) is 116 Å². The lowest BCUT2D eigenvalue weighted by Gasteiger charge is -2.27. The molecule has 3 N–H and O–H groups in total. The second-order valence-electron chi connectivity index (χ2n) is 5.73. The van der Waals surface area contributed by atoms with Gasteiger partial charge in [0.1, 0.15) is 11.3 Å². The maximum atomic E-state index is 11.6. The Morgan fingerprint density at radius 2 is 2.09 bits per heavy atom. The van der Waals surface area contributed by atoms with Gasteiger partial charge in [0.05, 0.1) is 25.6 Å². The molecule has 1 fully saturated rings. The highest BCUT2D eigenvalue weighted by molar-refractivity contribution is 6.01. The van der Waals surface area contributed by atoms with Crippen LogP contribution in [0.15, 0.2) is 6.33 Å². The number of hydrogen-bond acceptors (Lipinski definition) is 6. The van der Waals surface area contributed by atoms with Crippen molar-refractivity contribution in [1.29, 1.82) is 0 Å². The van der Waals surface area contributed by atoms with Crippen LogP contribution < -0.4 is 5.73 Å². The third-order valence-corrected chi connectivity index (χ3v) is 4.22. The lowest BCUT2D eigenvalue weighted by molar-refractivity contribution is -0.00315. The van der Waals surface area contributed by atoms with Crippen LogP contribution in [0.25, 0.3) is 11.2 Å². The van der Waals surface area contributed by atoms with Crippen LogP contribution in [0.3, 0.4) is 0 Å². The first-order valence-corrected chi connectivity index (χ1v) is 7.80. The summed E-state index contributed by atoms with van der Waals surface area (Å²) in [4.78, 5) is 27.5. The second kappa shape index (κ2) is 7.01. The van der Waals surface area contributed by atoms with E-state index in [4.69, 9.17) is 15.2 Å². The maximum absolute atomic E-state index is 11.6. The largest absolute Gasteiger partial charge is 0.382 e. The van der Waals surface area contributed by atoms with Crippen molar-refractivity contribution in [2.24, 2.45) is 5.73 Å². The van der Waals surface area contributed by atoms with Gasteiger partial charge in [0.15, 0.2) is 11.3 Å². The van der Waals surface area contributed by atoms with Crippen molar-refractivity contribution >= 4 is 17.1 Å². The minimum atomic E-state index is -0.570. The number of nitrogens with two attached hydrogens (primary N) is 1. The normalized spacial score (nSPS) is 21.6. The van der Waals surface area contributed by atoms with E-state index in [1.807, 2.05) is 0 Å². The van der Waals surface area contributed by atoms with Crippen molar-refractivity contribution in [3.63, 3.8) is 0 Å². The molecule has 0 aliphatic heterocycles. The number of carbonyl (C=O) groups excluding carboxylic acids is 1. The molecule has 2 aromatic rings. The number of fused-ring (bicyclic) bond motifs is 1. The van der Waals surface area contributed by atoms with Gasteiger partial charge in [0.25, 0.3) is 5.91 Å². The summed E-state index contributed by atoms with van der Waals surface area (Å²) in [5, 5.41) is 0. The van der Waals surface area contributed by atoms with Crippen LogP contribution in [-0.2, 0) is 9.47 Å². The van der Waals surface area contributed by atoms with Crippen molar-refractivity contribution in [1.82, 2.24) is 19.9 Å². The number of nitrogens with zero attached hydrogens (tertiary/aromatic N) is 3. The van der Waals surface area contributed by atoms with E-state index < -0.39 is 5.91 Å². The first-order valence-electron chi connectivity index (χ1n) is 7.80. The fraction of sp³-hybridized carbons (Fsp3) is 0.600. The van der Waals surface area contributed by atoms with E-state index in [1.165, 1.54) is 6.33 Å². The highest BCUT2D eigenvalue weighted by atomic mass is 16.5. The van der Waals surface area contributed by atoms with Crippen molar-refractivity contribution in [2.45, 2.75) is 37.7 Å². The lowest BCUT2D eigenvalue weighted by atomic mass is 9.86. The molecule has 0 atom stereocenters. The van der Waals surface area contributed by atoms with Gasteiger partial charge in [-0.05, 0) is 25.7 Å². The van der Waals surface area contributed by atoms with Gasteiger partial charge in [-0.25, -0.2) is 15.0 Å². The van der Waals surface area contributed by atoms with E-state index in [9.17, 15) is 4.79 Å². The SMILES string of the molecule is COCCOC1CCC(c2nc(C(N)=O)c3[nH]cnc3n2)CC1. The smallest absolute Gasteiger partial charge is 0.269 e. The predicted molar refractivity (Wildman–Crippen MR) is 83.0 cm³/mol. The molecule has 1 saturated carbocycles. The number of hydrogen-bond donors (Lipinski definition) is 2. The number of aromatic amines is 1. The Labute approximate surface area is 133 Å². The van der Waals surface area contributed by atoms with E-state index in [-0.39, 0.29) is 17.7 Å². The molecular formula is C15H21N5O3. The zero-order chi connectivity index (χ0) is 16.2. The van der Waals surface area contributed by atoms with Crippen molar-refractivity contribution in [3.8, 4) is 0 Å². The van der Waals surface area contributed by atoms with E-state index in [1.54, 1.807) is 7.11 Å². The van der Waals surface area contributed by atoms with Gasteiger partial charge in [0, 0.05) is 13.0 Å². The van der Waals surface area contributed by atoms with Gasteiger partial charge in [-0.3, -0.25) is 4.79 Å². The maximum Gasteiger partial charge on any atom is 0.269 e. The summed E-state index contributed by atoms with van der Waals surface area (Å²) in [5.74, 6) is 0.282. The number of H-pyrrole nitrogens is 1. The summed E-state index contributed by atoms with van der Waals surface area (Å²) in [6, 6.07) is 0. The molecule has 0 unspecified atom stereocenters. The average molecular weight is 319 g/mol. The molecule has 0 aromatic carbocycles. The Balaban J connectivity index is 1.71. The fourth-order valence-corrected chi connectivity index (χ4v) is 3.00. The lowest BCUT2D eigenvalue weighted by Crippen LogP contribution is -2.24. The molecule has 124 valence electrons. The number of nitrogens with one attached hydrogen (secondary N) is 1. The van der Waals surface area contributed by atoms with E-state index >= 15 is 0 Å². The Morgan fingerprint density at radius 3 is 2.78 bits per heavy atom. The molecule has 2 aromatic heterocycles. The Kier molecular flexibility index (Phi) is 4.82. The van der Waals surface area contributed by atoms with Crippen LogP contribution in [0.2, 0.25) is 0 Å². The molecule has 0 saturated heterocycles. The molecule has 0 radical (unpaired) electrons. The minimum Gasteiger partial charge on any atom is -0.382 e. The summed E-state index contributed by atoms with van der Waals surface area (Å²) < 4.78 is 10.8. The summed E-state index contributed by atoms with van der Waals surface area (Å²) in [6.45, 7) is 1.23. The molecule has 0 spiro atoms. The van der Waals surface area contributed by atoms with Crippen LogP contribution in [-0.4, -0.2) is 52.3 Å². The van der Waals surface area contributed by atoms with Gasteiger partial charge in [-0.2, -0.15) is 0 Å². The molecular weight excluding hydrogens is 298 g/mol. The van der Waals surface area contributed by atoms with Crippen LogP contribution in [0.4, 0.5) is 0 Å². The van der Waals surface area contributed by atoms with Crippen LogP contribution in [0, 0.1) is 0 Å². The fourth-order valence-electron chi connectivity index (χ4n) is 3.00. The molecule has 1 aliphatic rings. The second-order valence-corrected chi connectivity index (χ2v) is 5.73. The zero-order valence-corrected chi connectivity index (χ0v) is 13.1. The molecule has 0 bridgehead atoms. The molecule has 23 heavy (non-hydrogen) atoms. The third-order valence-electron chi connectivity index (χ3n) is 4.22. The number of ether oxygens (including phenoxy) is 2. The van der Waals surface area contributed by atoms with Gasteiger partial charge in [-0.1, -0.05) is 0 Å². The molecule has 1 amide bonds. The van der Waals surface area contributed by atoms with E-state index in [2.05, 4.69) is 19.9 Å². The monoisotopic (exact) mass is 319 g/mol. The predicted octanol–water partition coefficient (Wildman–Crippen LogP) is 1.14. The number of methoxy groups -OCH3 is 1. The number of carbonyl (C=O) groups is 1. The molecule has 8 nitrogen and oxygen atoms in total. The van der Waals surface area contributed by atoms with Gasteiger partial charge in [0.2, 0.25) is 0 Å². The van der Waals surface area contributed by atoms with Crippen LogP contribution in [0.1, 0.15) is 47.9 Å². The van der Waals surface area contributed by atoms with E-state index in [0.29, 0.717) is 30.2 Å². The molecule has 8 heteroatoms. The third kappa shape index (κ3) is 3.48. The molecule has 3 rings (SSSR count). The highest BCUT2D eigenvalue weighted by Gasteiger charge is 2.26. The summed E-state index contributed by atoms with van der Waals surface area (Å²) in [5.41, 5.74) is 6.61. The summed E-state index contributed by atoms with van der Waals surface area (Å²) in [7, 11) is 1.67. The Morgan fingerprint density at radius 1 is 1.30 bits per heavy atom. The standard InChI is InChI=1S/C15H21N5O3/c1-22-6-7-23-10-4-2-9(3-5-10)14-19-11(13(16)21)12-15(20-14)18-8-17-12/h8-10H,2-7H2,1H3,(H2,16,21)(H,17,18,19,20). The van der Waals surface area contributed by atoms with Gasteiger partial charge < -0.3 is 20.2 Å². The molecule has 2 heterocycles. The Hall–Kier alpha value is -2.06. The van der Waals surface area contributed by atoms with E-state index in [0.717, 1.165) is 25.7 Å². The first kappa shape index (κ1) is 15.8. The van der Waals surface area contributed by atoms with Crippen molar-refractivity contribution in [3.05, 3.63) is 17.8 Å². The zero-order valence-electron chi connectivity index (χ0n) is 13.1. The first-order chi connectivity index (χ1) is 11.2. The number of amides is 1. The number of primary amides is 1. The minimum absolute atomic E-state index is 0.205. The van der Waals surface area contributed by atoms with Crippen LogP contribution in [0.5, 0.6) is 0 Å². The molecule has 1 aliphatic carbocycles. The number of aromatic nitrogens is 4. The summed E-state index contributed by atoms with van der Waals surface area (Å²) >= 11 is 0. The quantitative estimate of drug-likeness (QED) is 0.771. The van der Waals surface area contributed by atoms with Crippen molar-refractivity contribution < 1.29 is 14.3 Å². The number of rotatable bonds is 6. The van der Waals surface area contributed by atoms with Crippen molar-refractivity contribution in [2.75, 3.05) is 20.3 Å². The van der Waals surface area contributed by atoms with Crippen LogP contribution >= 0.6 is 0 Å².